The van der Waals surface area contributed by atoms with Gasteiger partial charge in [-0.2, -0.15) is 0 Å². The largest absolute Gasteiger partial charge is 0.363 e. The molecule has 0 radical (unpaired) electrons. The van der Waals surface area contributed by atoms with Gasteiger partial charge in [0.25, 0.3) is 0 Å². The van der Waals surface area contributed by atoms with Crippen molar-refractivity contribution in [2.24, 2.45) is 0 Å². The van der Waals surface area contributed by atoms with Gasteiger partial charge in [-0.05, 0) is 0 Å². The molecule has 1 rings (SSSR count). The lowest BCUT2D eigenvalue weighted by molar-refractivity contribution is -0.115. The summed E-state index contributed by atoms with van der Waals surface area (Å²) in [7, 11) is 1.64. The van der Waals surface area contributed by atoms with Gasteiger partial charge in [0.1, 0.15) is 6.26 Å². The lowest BCUT2D eigenvalue weighted by Crippen LogP contribution is -2.27. The minimum atomic E-state index is -0.0566. The summed E-state index contributed by atoms with van der Waals surface area (Å²) in [5, 5.41) is 3.88. The van der Waals surface area contributed by atoms with Crippen LogP contribution >= 0.6 is 15.9 Å². The Morgan fingerprint density at radius 2 is 2.64 bits per heavy atom. The standard InChI is InChI=1S/C6H7BrN2O2/c1-9(6(10)4-7)5-2-3-11-8-5/h2-3H,4H2,1H3. The van der Waals surface area contributed by atoms with Crippen LogP contribution in [0.5, 0.6) is 0 Å². The zero-order valence-corrected chi connectivity index (χ0v) is 7.54. The van der Waals surface area contributed by atoms with E-state index in [4.69, 9.17) is 0 Å². The number of hydrogen-bond donors (Lipinski definition) is 0. The number of amides is 1. The third-order valence-electron chi connectivity index (χ3n) is 1.26. The topological polar surface area (TPSA) is 46.3 Å². The Labute approximate surface area is 72.3 Å². The molecule has 1 aromatic heterocycles. The molecule has 0 aliphatic heterocycles. The first-order chi connectivity index (χ1) is 5.25. The van der Waals surface area contributed by atoms with Crippen molar-refractivity contribution in [3.63, 3.8) is 0 Å². The predicted molar refractivity (Wildman–Crippen MR) is 43.7 cm³/mol. The van der Waals surface area contributed by atoms with Crippen molar-refractivity contribution in [2.45, 2.75) is 0 Å². The highest BCUT2D eigenvalue weighted by molar-refractivity contribution is 9.09. The lowest BCUT2D eigenvalue weighted by atomic mass is 10.5. The fourth-order valence-corrected chi connectivity index (χ4v) is 0.973. The number of hydrogen-bond acceptors (Lipinski definition) is 3. The Balaban J connectivity index is 2.70. The van der Waals surface area contributed by atoms with E-state index in [1.54, 1.807) is 13.1 Å². The fraction of sp³-hybridized carbons (Fsp3) is 0.333. The average Bonchev–Trinajstić information content (AvgIpc) is 2.53. The van der Waals surface area contributed by atoms with Crippen LogP contribution in [0.3, 0.4) is 0 Å². The molecular weight excluding hydrogens is 212 g/mol. The van der Waals surface area contributed by atoms with Crippen LogP contribution in [0.1, 0.15) is 0 Å². The Hall–Kier alpha value is -0.840. The molecule has 1 heterocycles. The molecule has 0 saturated heterocycles. The summed E-state index contributed by atoms with van der Waals surface area (Å²) in [5.41, 5.74) is 0. The Morgan fingerprint density at radius 3 is 3.09 bits per heavy atom. The molecule has 0 unspecified atom stereocenters. The highest BCUT2D eigenvalue weighted by Crippen LogP contribution is 2.07. The van der Waals surface area contributed by atoms with E-state index in [0.29, 0.717) is 5.82 Å². The lowest BCUT2D eigenvalue weighted by Gasteiger charge is -2.10. The van der Waals surface area contributed by atoms with Gasteiger partial charge in [-0.3, -0.25) is 9.69 Å². The maximum Gasteiger partial charge on any atom is 0.238 e. The Kier molecular flexibility index (Phi) is 2.64. The normalized spacial score (nSPS) is 9.64. The highest BCUT2D eigenvalue weighted by Gasteiger charge is 2.10. The zero-order chi connectivity index (χ0) is 8.27. The van der Waals surface area contributed by atoms with Crippen molar-refractivity contribution in [1.29, 1.82) is 0 Å². The van der Waals surface area contributed by atoms with Crippen molar-refractivity contribution < 1.29 is 9.32 Å². The number of anilines is 1. The van der Waals surface area contributed by atoms with Crippen molar-refractivity contribution in [3.8, 4) is 0 Å². The molecule has 60 valence electrons. The van der Waals surface area contributed by atoms with Gasteiger partial charge in [0.15, 0.2) is 5.82 Å². The monoisotopic (exact) mass is 218 g/mol. The van der Waals surface area contributed by atoms with Crippen LogP contribution in [0, 0.1) is 0 Å². The second-order valence-electron chi connectivity index (χ2n) is 1.94. The molecule has 0 bridgehead atoms. The number of carbonyl (C=O) groups is 1. The van der Waals surface area contributed by atoms with Crippen molar-refractivity contribution in [1.82, 2.24) is 5.16 Å². The van der Waals surface area contributed by atoms with Gasteiger partial charge in [-0.1, -0.05) is 21.1 Å². The summed E-state index contributed by atoms with van der Waals surface area (Å²) in [5.74, 6) is 0.466. The van der Waals surface area contributed by atoms with Crippen LogP contribution in [0.4, 0.5) is 5.82 Å². The first kappa shape index (κ1) is 8.26. The predicted octanol–water partition coefficient (Wildman–Crippen LogP) is 1.03. The van der Waals surface area contributed by atoms with Crippen molar-refractivity contribution in [2.75, 3.05) is 17.3 Å². The average molecular weight is 219 g/mol. The van der Waals surface area contributed by atoms with Gasteiger partial charge in [0.2, 0.25) is 5.91 Å². The van der Waals surface area contributed by atoms with Gasteiger partial charge < -0.3 is 4.52 Å². The first-order valence-corrected chi connectivity index (χ1v) is 4.10. The van der Waals surface area contributed by atoms with Gasteiger partial charge in [0.05, 0.1) is 5.33 Å². The van der Waals surface area contributed by atoms with E-state index in [0.717, 1.165) is 0 Å². The van der Waals surface area contributed by atoms with Gasteiger partial charge in [0, 0.05) is 13.1 Å². The van der Waals surface area contributed by atoms with Gasteiger partial charge in [-0.15, -0.1) is 0 Å². The van der Waals surface area contributed by atoms with E-state index in [1.807, 2.05) is 0 Å². The second-order valence-corrected chi connectivity index (χ2v) is 2.50. The van der Waals surface area contributed by atoms with Crippen LogP contribution < -0.4 is 4.90 Å². The number of alkyl halides is 1. The van der Waals surface area contributed by atoms with E-state index in [2.05, 4.69) is 25.6 Å². The fourth-order valence-electron chi connectivity index (χ4n) is 0.597. The minimum Gasteiger partial charge on any atom is -0.363 e. The summed E-state index contributed by atoms with van der Waals surface area (Å²) >= 11 is 3.05. The molecule has 0 aromatic carbocycles. The summed E-state index contributed by atoms with van der Waals surface area (Å²) < 4.78 is 4.57. The Morgan fingerprint density at radius 1 is 1.91 bits per heavy atom. The van der Waals surface area contributed by atoms with E-state index < -0.39 is 0 Å². The molecule has 4 nitrogen and oxygen atoms in total. The Bertz CT molecular complexity index is 235. The summed E-state index contributed by atoms with van der Waals surface area (Å²) in [6.45, 7) is 0. The van der Waals surface area contributed by atoms with Crippen LogP contribution in [-0.2, 0) is 4.79 Å². The third-order valence-corrected chi connectivity index (χ3v) is 1.74. The maximum absolute atomic E-state index is 11.0. The number of halogens is 1. The molecule has 11 heavy (non-hydrogen) atoms. The smallest absolute Gasteiger partial charge is 0.238 e. The minimum absolute atomic E-state index is 0.0566. The number of nitrogens with zero attached hydrogens (tertiary/aromatic N) is 2. The van der Waals surface area contributed by atoms with Gasteiger partial charge in [-0.25, -0.2) is 0 Å². The molecule has 1 aromatic rings. The zero-order valence-electron chi connectivity index (χ0n) is 5.95. The maximum atomic E-state index is 11.0. The van der Waals surface area contributed by atoms with Crippen LogP contribution in [-0.4, -0.2) is 23.4 Å². The molecule has 0 fully saturated rings. The molecule has 0 atom stereocenters. The van der Waals surface area contributed by atoms with Crippen molar-refractivity contribution in [3.05, 3.63) is 12.3 Å². The summed E-state index contributed by atoms with van der Waals surface area (Å²) in [6.07, 6.45) is 1.42. The van der Waals surface area contributed by atoms with E-state index >= 15 is 0 Å². The van der Waals surface area contributed by atoms with Crippen LogP contribution in [0.15, 0.2) is 16.9 Å². The number of rotatable bonds is 2. The quantitative estimate of drug-likeness (QED) is 0.698. The molecule has 5 heteroatoms. The van der Waals surface area contributed by atoms with Gasteiger partial charge >= 0.3 is 0 Å². The molecule has 0 saturated carbocycles. The van der Waals surface area contributed by atoms with E-state index in [9.17, 15) is 4.79 Å². The summed E-state index contributed by atoms with van der Waals surface area (Å²) in [6, 6.07) is 1.63. The molecule has 0 aliphatic carbocycles. The second kappa shape index (κ2) is 3.52. The molecule has 0 N–H and O–H groups in total. The highest BCUT2D eigenvalue weighted by atomic mass is 79.9. The van der Waals surface area contributed by atoms with E-state index in [1.165, 1.54) is 11.2 Å². The molecule has 1 amide bonds. The first-order valence-electron chi connectivity index (χ1n) is 2.98. The van der Waals surface area contributed by atoms with E-state index in [-0.39, 0.29) is 11.2 Å². The molecular formula is C6H7BrN2O2. The number of carbonyl (C=O) groups excluding carboxylic acids is 1. The van der Waals surface area contributed by atoms with Crippen molar-refractivity contribution >= 4 is 27.7 Å². The molecule has 0 spiro atoms. The molecule has 0 aliphatic rings. The summed E-state index contributed by atoms with van der Waals surface area (Å²) in [4.78, 5) is 12.4. The van der Waals surface area contributed by atoms with Crippen LogP contribution in [0.2, 0.25) is 0 Å². The number of aromatic nitrogens is 1. The van der Waals surface area contributed by atoms with Crippen LogP contribution in [0.25, 0.3) is 0 Å². The third kappa shape index (κ3) is 1.80. The SMILES string of the molecule is CN(C(=O)CBr)c1ccon1.